The fraction of sp³-hybridized carbons (Fsp3) is 0.571. The summed E-state index contributed by atoms with van der Waals surface area (Å²) in [5, 5.41) is 0.186. The lowest BCUT2D eigenvalue weighted by atomic mass is 9.98. The highest BCUT2D eigenvalue weighted by Gasteiger charge is 2.32. The average Bonchev–Trinajstić information content (AvgIpc) is 2.38. The van der Waals surface area contributed by atoms with Crippen molar-refractivity contribution in [1.82, 2.24) is 9.21 Å². The maximum atomic E-state index is 12.7. The van der Waals surface area contributed by atoms with Gasteiger partial charge in [0.1, 0.15) is 4.90 Å². The summed E-state index contributed by atoms with van der Waals surface area (Å²) in [6, 6.07) is 4.78. The van der Waals surface area contributed by atoms with E-state index in [9.17, 15) is 8.42 Å². The van der Waals surface area contributed by atoms with E-state index in [1.807, 2.05) is 14.1 Å². The maximum Gasteiger partial charge on any atom is 0.246 e. The summed E-state index contributed by atoms with van der Waals surface area (Å²) in [6.45, 7) is 2.03. The molecule has 1 heterocycles. The number of nitrogens with two attached hydrogens (primary N) is 1. The Morgan fingerprint density at radius 2 is 1.95 bits per heavy atom. The minimum atomic E-state index is -3.61. The Bertz CT molecular complexity index is 576. The molecule has 118 valence electrons. The zero-order chi connectivity index (χ0) is 15.6. The van der Waals surface area contributed by atoms with Crippen LogP contribution in [0.5, 0.6) is 0 Å². The molecular weight excluding hydrogens is 310 g/mol. The van der Waals surface area contributed by atoms with Gasteiger partial charge in [0.05, 0.1) is 10.7 Å². The summed E-state index contributed by atoms with van der Waals surface area (Å²) in [5.74, 6) is 0.537. The van der Waals surface area contributed by atoms with Gasteiger partial charge in [-0.3, -0.25) is 0 Å². The minimum Gasteiger partial charge on any atom is -0.398 e. The third-order valence-corrected chi connectivity index (χ3v) is 6.24. The fourth-order valence-corrected chi connectivity index (χ4v) is 4.88. The van der Waals surface area contributed by atoms with Crippen LogP contribution in [0.2, 0.25) is 5.02 Å². The number of hydrogen-bond donors (Lipinski definition) is 1. The Morgan fingerprint density at radius 1 is 1.33 bits per heavy atom. The van der Waals surface area contributed by atoms with E-state index < -0.39 is 10.0 Å². The Kier molecular flexibility index (Phi) is 5.14. The molecule has 0 aromatic heterocycles. The van der Waals surface area contributed by atoms with E-state index in [1.165, 1.54) is 4.31 Å². The van der Waals surface area contributed by atoms with Gasteiger partial charge < -0.3 is 10.6 Å². The third kappa shape index (κ3) is 3.69. The number of hydrogen-bond acceptors (Lipinski definition) is 4. The lowest BCUT2D eigenvalue weighted by molar-refractivity contribution is 0.225. The molecule has 0 amide bonds. The summed E-state index contributed by atoms with van der Waals surface area (Å²) in [6.07, 6.45) is 1.73. The Balaban J connectivity index is 2.16. The van der Waals surface area contributed by atoms with E-state index in [0.717, 1.165) is 19.4 Å². The Morgan fingerprint density at radius 3 is 2.48 bits per heavy atom. The van der Waals surface area contributed by atoms with Crippen molar-refractivity contribution in [2.24, 2.45) is 5.92 Å². The number of nitrogens with zero attached hydrogens (tertiary/aromatic N) is 2. The van der Waals surface area contributed by atoms with Crippen LogP contribution in [0, 0.1) is 5.92 Å². The van der Waals surface area contributed by atoms with Crippen LogP contribution in [0.1, 0.15) is 12.8 Å². The topological polar surface area (TPSA) is 66.6 Å². The molecule has 7 heteroatoms. The van der Waals surface area contributed by atoms with Gasteiger partial charge in [-0.2, -0.15) is 4.31 Å². The fourth-order valence-electron chi connectivity index (χ4n) is 2.78. The molecule has 1 aliphatic heterocycles. The number of benzene rings is 1. The number of anilines is 1. The number of halogens is 1. The highest BCUT2D eigenvalue weighted by molar-refractivity contribution is 7.89. The molecule has 1 fully saturated rings. The molecule has 0 saturated carbocycles. The van der Waals surface area contributed by atoms with Crippen LogP contribution in [0.25, 0.3) is 0 Å². The van der Waals surface area contributed by atoms with E-state index >= 15 is 0 Å². The molecule has 2 N–H and O–H groups in total. The maximum absolute atomic E-state index is 12.7. The van der Waals surface area contributed by atoms with Crippen LogP contribution < -0.4 is 5.73 Å². The first-order valence-corrected chi connectivity index (χ1v) is 8.83. The second-order valence-corrected chi connectivity index (χ2v) is 8.05. The van der Waals surface area contributed by atoms with Crippen molar-refractivity contribution < 1.29 is 8.42 Å². The second kappa shape index (κ2) is 6.52. The largest absolute Gasteiger partial charge is 0.398 e. The molecule has 1 aromatic rings. The van der Waals surface area contributed by atoms with Crippen molar-refractivity contribution in [1.29, 1.82) is 0 Å². The number of rotatable bonds is 4. The first-order valence-electron chi connectivity index (χ1n) is 7.01. The molecule has 0 unspecified atom stereocenters. The molecule has 0 atom stereocenters. The molecule has 1 aliphatic rings. The molecule has 1 aromatic carbocycles. The van der Waals surface area contributed by atoms with Gasteiger partial charge in [-0.1, -0.05) is 17.7 Å². The number of piperidine rings is 1. The van der Waals surface area contributed by atoms with E-state index in [4.69, 9.17) is 17.3 Å². The van der Waals surface area contributed by atoms with Crippen molar-refractivity contribution in [3.8, 4) is 0 Å². The smallest absolute Gasteiger partial charge is 0.246 e. The predicted octanol–water partition coefficient (Wildman–Crippen LogP) is 1.88. The zero-order valence-corrected chi connectivity index (χ0v) is 14.0. The van der Waals surface area contributed by atoms with Crippen molar-refractivity contribution in [2.45, 2.75) is 17.7 Å². The number of nitrogen functional groups attached to an aromatic ring is 1. The standard InChI is InChI=1S/C14H22ClN3O2S/c1-17(2)10-11-6-8-18(9-7-11)21(19,20)14-12(15)4-3-5-13(14)16/h3-5,11H,6-10,16H2,1-2H3. The van der Waals surface area contributed by atoms with Crippen molar-refractivity contribution in [2.75, 3.05) is 39.5 Å². The molecule has 5 nitrogen and oxygen atoms in total. The van der Waals surface area contributed by atoms with Crippen molar-refractivity contribution in [3.63, 3.8) is 0 Å². The van der Waals surface area contributed by atoms with E-state index in [2.05, 4.69) is 4.90 Å². The molecule has 21 heavy (non-hydrogen) atoms. The normalized spacial score (nSPS) is 18.3. The van der Waals surface area contributed by atoms with E-state index in [-0.39, 0.29) is 15.6 Å². The van der Waals surface area contributed by atoms with E-state index in [1.54, 1.807) is 18.2 Å². The van der Waals surface area contributed by atoms with Crippen molar-refractivity contribution in [3.05, 3.63) is 23.2 Å². The van der Waals surface area contributed by atoms with Gasteiger partial charge in [0.2, 0.25) is 10.0 Å². The Labute approximate surface area is 131 Å². The zero-order valence-electron chi connectivity index (χ0n) is 12.4. The molecular formula is C14H22ClN3O2S. The summed E-state index contributed by atoms with van der Waals surface area (Å²) >= 11 is 6.04. The van der Waals surface area contributed by atoms with Gasteiger partial charge >= 0.3 is 0 Å². The highest BCUT2D eigenvalue weighted by atomic mass is 35.5. The average molecular weight is 332 g/mol. The minimum absolute atomic E-state index is 0.0396. The first-order chi connectivity index (χ1) is 9.82. The lowest BCUT2D eigenvalue weighted by Gasteiger charge is -2.32. The van der Waals surface area contributed by atoms with Gasteiger partial charge in [0.15, 0.2) is 0 Å². The second-order valence-electron chi connectivity index (χ2n) is 5.77. The summed E-state index contributed by atoms with van der Waals surface area (Å²) in [5.41, 5.74) is 6.02. The van der Waals surface area contributed by atoms with Gasteiger partial charge in [0.25, 0.3) is 0 Å². The molecule has 2 rings (SSSR count). The first kappa shape index (κ1) is 16.5. The summed E-state index contributed by atoms with van der Waals surface area (Å²) in [7, 11) is 0.458. The molecule has 1 saturated heterocycles. The molecule has 0 aliphatic carbocycles. The molecule has 0 bridgehead atoms. The third-order valence-electron chi connectivity index (χ3n) is 3.79. The quantitative estimate of drug-likeness (QED) is 0.855. The molecule has 0 radical (unpaired) electrons. The summed E-state index contributed by atoms with van der Waals surface area (Å²) < 4.78 is 26.9. The van der Waals surface area contributed by atoms with Crippen molar-refractivity contribution >= 4 is 27.3 Å². The van der Waals surface area contributed by atoms with Crippen LogP contribution in [0.3, 0.4) is 0 Å². The SMILES string of the molecule is CN(C)CC1CCN(S(=O)(=O)c2c(N)cccc2Cl)CC1. The van der Waals surface area contributed by atoms with Gasteiger partial charge in [0, 0.05) is 19.6 Å². The lowest BCUT2D eigenvalue weighted by Crippen LogP contribution is -2.40. The van der Waals surface area contributed by atoms with Gasteiger partial charge in [-0.05, 0) is 45.0 Å². The van der Waals surface area contributed by atoms with Gasteiger partial charge in [-0.15, -0.1) is 0 Å². The highest BCUT2D eigenvalue weighted by Crippen LogP contribution is 2.32. The van der Waals surface area contributed by atoms with Crippen LogP contribution in [0.15, 0.2) is 23.1 Å². The van der Waals surface area contributed by atoms with Crippen LogP contribution in [-0.2, 0) is 10.0 Å². The predicted molar refractivity (Wildman–Crippen MR) is 85.9 cm³/mol. The van der Waals surface area contributed by atoms with E-state index in [0.29, 0.717) is 19.0 Å². The monoisotopic (exact) mass is 331 g/mol. The molecule has 0 spiro atoms. The summed E-state index contributed by atoms with van der Waals surface area (Å²) in [4.78, 5) is 2.18. The van der Waals surface area contributed by atoms with Crippen LogP contribution in [-0.4, -0.2) is 51.4 Å². The van der Waals surface area contributed by atoms with Crippen LogP contribution >= 0.6 is 11.6 Å². The Hall–Kier alpha value is -0.820. The number of sulfonamides is 1. The van der Waals surface area contributed by atoms with Gasteiger partial charge in [-0.25, -0.2) is 8.42 Å². The van der Waals surface area contributed by atoms with Crippen LogP contribution in [0.4, 0.5) is 5.69 Å².